The Morgan fingerprint density at radius 1 is 1.55 bits per heavy atom. The first kappa shape index (κ1) is 8.13. The second-order valence-corrected chi connectivity index (χ2v) is 2.15. The van der Waals surface area contributed by atoms with Crippen LogP contribution < -0.4 is 0 Å². The molecule has 5 nitrogen and oxygen atoms in total. The molecule has 1 aromatic heterocycles. The van der Waals surface area contributed by atoms with E-state index in [1.165, 1.54) is 0 Å². The van der Waals surface area contributed by atoms with Crippen LogP contribution in [0.4, 0.5) is 0 Å². The number of hydrogen-bond donors (Lipinski definition) is 0. The van der Waals surface area contributed by atoms with Gasteiger partial charge in [0.1, 0.15) is 5.82 Å². The molecule has 1 rings (SSSR count). The van der Waals surface area contributed by atoms with Crippen molar-refractivity contribution < 1.29 is 4.74 Å². The van der Waals surface area contributed by atoms with Gasteiger partial charge in [-0.25, -0.2) is 4.68 Å². The van der Waals surface area contributed by atoms with E-state index in [-0.39, 0.29) is 0 Å². The first-order chi connectivity index (χ1) is 5.34. The number of aryl methyl sites for hydroxylation is 1. The summed E-state index contributed by atoms with van der Waals surface area (Å²) in [6, 6.07) is 0. The maximum Gasteiger partial charge on any atom is 0.148 e. The van der Waals surface area contributed by atoms with Gasteiger partial charge in [0, 0.05) is 6.61 Å². The molecule has 0 aliphatic rings. The molecule has 0 saturated heterocycles. The highest BCUT2D eigenvalue weighted by Gasteiger charge is 1.97. The highest BCUT2D eigenvalue weighted by Crippen LogP contribution is 1.87. The lowest BCUT2D eigenvalue weighted by molar-refractivity contribution is 0.135. The second-order valence-electron chi connectivity index (χ2n) is 2.15. The van der Waals surface area contributed by atoms with Crippen molar-refractivity contribution in [1.29, 1.82) is 0 Å². The third-order valence-electron chi connectivity index (χ3n) is 1.36. The Balaban J connectivity index is 2.32. The minimum Gasteiger partial charge on any atom is -0.380 e. The predicted octanol–water partition coefficient (Wildman–Crippen LogP) is 0.0180. The van der Waals surface area contributed by atoms with Crippen LogP contribution in [0.15, 0.2) is 0 Å². The number of nitrogens with zero attached hydrogens (tertiary/aromatic N) is 4. The molecule has 0 amide bonds. The van der Waals surface area contributed by atoms with Crippen LogP contribution in [-0.2, 0) is 11.3 Å². The summed E-state index contributed by atoms with van der Waals surface area (Å²) in [4.78, 5) is 0. The van der Waals surface area contributed by atoms with Gasteiger partial charge in [-0.1, -0.05) is 0 Å². The average Bonchev–Trinajstić information content (AvgIpc) is 2.37. The van der Waals surface area contributed by atoms with Crippen LogP contribution in [0, 0.1) is 6.92 Å². The van der Waals surface area contributed by atoms with E-state index in [0.717, 1.165) is 19.0 Å². The monoisotopic (exact) mass is 156 g/mol. The van der Waals surface area contributed by atoms with E-state index in [4.69, 9.17) is 4.74 Å². The zero-order valence-electron chi connectivity index (χ0n) is 6.82. The molecule has 0 saturated carbocycles. The van der Waals surface area contributed by atoms with Gasteiger partial charge in [-0.15, -0.1) is 5.10 Å². The van der Waals surface area contributed by atoms with Crippen molar-refractivity contribution in [2.24, 2.45) is 0 Å². The summed E-state index contributed by atoms with van der Waals surface area (Å²) in [5, 5.41) is 11.0. The van der Waals surface area contributed by atoms with Gasteiger partial charge in [0.05, 0.1) is 13.2 Å². The zero-order valence-corrected chi connectivity index (χ0v) is 6.82. The topological polar surface area (TPSA) is 52.8 Å². The van der Waals surface area contributed by atoms with Crippen LogP contribution in [0.25, 0.3) is 0 Å². The lowest BCUT2D eigenvalue weighted by Crippen LogP contribution is -2.08. The standard InChI is InChI=1S/C6H12N4O/c1-3-11-5-4-10-6(2)7-8-9-10/h3-5H2,1-2H3. The smallest absolute Gasteiger partial charge is 0.148 e. The van der Waals surface area contributed by atoms with Gasteiger partial charge in [-0.3, -0.25) is 0 Å². The Morgan fingerprint density at radius 3 is 2.91 bits per heavy atom. The molecule has 62 valence electrons. The number of hydrogen-bond acceptors (Lipinski definition) is 4. The van der Waals surface area contributed by atoms with Crippen LogP contribution in [0.5, 0.6) is 0 Å². The fraction of sp³-hybridized carbons (Fsp3) is 0.833. The average molecular weight is 156 g/mol. The van der Waals surface area contributed by atoms with Crippen molar-refractivity contribution in [2.75, 3.05) is 13.2 Å². The van der Waals surface area contributed by atoms with Gasteiger partial charge in [0.15, 0.2) is 0 Å². The molecule has 11 heavy (non-hydrogen) atoms. The van der Waals surface area contributed by atoms with E-state index in [1.807, 2.05) is 13.8 Å². The molecule has 0 aliphatic carbocycles. The van der Waals surface area contributed by atoms with E-state index in [9.17, 15) is 0 Å². The third-order valence-corrected chi connectivity index (χ3v) is 1.36. The van der Waals surface area contributed by atoms with Crippen LogP contribution in [-0.4, -0.2) is 33.4 Å². The van der Waals surface area contributed by atoms with Crippen molar-refractivity contribution >= 4 is 0 Å². The molecule has 0 radical (unpaired) electrons. The van der Waals surface area contributed by atoms with Gasteiger partial charge in [-0.2, -0.15) is 0 Å². The van der Waals surface area contributed by atoms with Crippen molar-refractivity contribution in [1.82, 2.24) is 20.2 Å². The summed E-state index contributed by atoms with van der Waals surface area (Å²) >= 11 is 0. The Kier molecular flexibility index (Phi) is 2.97. The van der Waals surface area contributed by atoms with E-state index < -0.39 is 0 Å². The van der Waals surface area contributed by atoms with Crippen LogP contribution >= 0.6 is 0 Å². The Labute approximate surface area is 65.4 Å². The lowest BCUT2D eigenvalue weighted by atomic mass is 10.6. The Morgan fingerprint density at radius 2 is 2.36 bits per heavy atom. The Bertz CT molecular complexity index is 210. The molecule has 0 bridgehead atoms. The zero-order chi connectivity index (χ0) is 8.10. The van der Waals surface area contributed by atoms with E-state index in [2.05, 4.69) is 15.5 Å². The minimum atomic E-state index is 0.669. The molecule has 0 spiro atoms. The van der Waals surface area contributed by atoms with Crippen LogP contribution in [0.2, 0.25) is 0 Å². The second kappa shape index (κ2) is 4.02. The Hall–Kier alpha value is -0.970. The van der Waals surface area contributed by atoms with E-state index in [1.54, 1.807) is 4.68 Å². The minimum absolute atomic E-state index is 0.669. The molecular weight excluding hydrogens is 144 g/mol. The molecule has 5 heteroatoms. The van der Waals surface area contributed by atoms with E-state index >= 15 is 0 Å². The largest absolute Gasteiger partial charge is 0.380 e. The highest BCUT2D eigenvalue weighted by atomic mass is 16.5. The molecule has 0 aliphatic heterocycles. The first-order valence-corrected chi connectivity index (χ1v) is 3.65. The lowest BCUT2D eigenvalue weighted by Gasteiger charge is -2.00. The SMILES string of the molecule is CCOCCn1nnnc1C. The van der Waals surface area contributed by atoms with Crippen molar-refractivity contribution in [3.63, 3.8) is 0 Å². The van der Waals surface area contributed by atoms with Crippen LogP contribution in [0.1, 0.15) is 12.7 Å². The summed E-state index contributed by atoms with van der Waals surface area (Å²) in [5.74, 6) is 0.824. The molecule has 1 heterocycles. The summed E-state index contributed by atoms with van der Waals surface area (Å²) in [7, 11) is 0. The molecule has 0 atom stereocenters. The molecule has 1 aromatic rings. The summed E-state index contributed by atoms with van der Waals surface area (Å²) in [6.07, 6.45) is 0. The van der Waals surface area contributed by atoms with Crippen LogP contribution in [0.3, 0.4) is 0 Å². The maximum absolute atomic E-state index is 5.15. The quantitative estimate of drug-likeness (QED) is 0.576. The first-order valence-electron chi connectivity index (χ1n) is 3.65. The number of tetrazole rings is 1. The predicted molar refractivity (Wildman–Crippen MR) is 39.0 cm³/mol. The number of ether oxygens (including phenoxy) is 1. The summed E-state index contributed by atoms with van der Waals surface area (Å²) in [5.41, 5.74) is 0. The van der Waals surface area contributed by atoms with Gasteiger partial charge < -0.3 is 4.74 Å². The van der Waals surface area contributed by atoms with Crippen molar-refractivity contribution in [2.45, 2.75) is 20.4 Å². The summed E-state index contributed by atoms with van der Waals surface area (Å²) < 4.78 is 6.86. The normalized spacial score (nSPS) is 10.4. The molecular formula is C6H12N4O. The van der Waals surface area contributed by atoms with Gasteiger partial charge >= 0.3 is 0 Å². The molecule has 0 aromatic carbocycles. The maximum atomic E-state index is 5.15. The highest BCUT2D eigenvalue weighted by molar-refractivity contribution is 4.72. The molecule has 0 fully saturated rings. The van der Waals surface area contributed by atoms with Gasteiger partial charge in [0.2, 0.25) is 0 Å². The van der Waals surface area contributed by atoms with Crippen molar-refractivity contribution in [3.05, 3.63) is 5.82 Å². The molecule has 0 unspecified atom stereocenters. The fourth-order valence-corrected chi connectivity index (χ4v) is 0.751. The number of aromatic nitrogens is 4. The third kappa shape index (κ3) is 2.27. The van der Waals surface area contributed by atoms with Gasteiger partial charge in [0.25, 0.3) is 0 Å². The van der Waals surface area contributed by atoms with E-state index in [0.29, 0.717) is 6.61 Å². The number of rotatable bonds is 4. The van der Waals surface area contributed by atoms with Crippen molar-refractivity contribution in [3.8, 4) is 0 Å². The van der Waals surface area contributed by atoms with Gasteiger partial charge in [-0.05, 0) is 24.3 Å². The summed E-state index contributed by atoms with van der Waals surface area (Å²) in [6.45, 7) is 5.97. The fourth-order valence-electron chi connectivity index (χ4n) is 0.751. The molecule has 0 N–H and O–H groups in total.